The maximum atomic E-state index is 11.5. The molecule has 0 aliphatic heterocycles. The molecule has 0 amide bonds. The molecule has 0 unspecified atom stereocenters. The van der Waals surface area contributed by atoms with Crippen molar-refractivity contribution in [2.24, 2.45) is 0 Å². The third-order valence-electron chi connectivity index (χ3n) is 3.40. The van der Waals surface area contributed by atoms with Gasteiger partial charge in [0.1, 0.15) is 0 Å². The van der Waals surface area contributed by atoms with Gasteiger partial charge in [0, 0.05) is 0 Å². The summed E-state index contributed by atoms with van der Waals surface area (Å²) in [6, 6.07) is 6.92. The van der Waals surface area contributed by atoms with Crippen molar-refractivity contribution in [2.75, 3.05) is 0 Å². The smallest absolute Gasteiger partial charge is 1.00 e. The van der Waals surface area contributed by atoms with Crippen molar-refractivity contribution in [2.45, 2.75) is 63.2 Å². The minimum atomic E-state index is -3.54. The molecule has 0 aromatic heterocycles. The first-order valence-electron chi connectivity index (χ1n) is 7.31. The normalized spacial score (nSPS) is 11.1. The Labute approximate surface area is 157 Å². The summed E-state index contributed by atoms with van der Waals surface area (Å²) in [6.45, 7) is 2.23. The standard InChI is InChI=1S/C15H24ClNO2S.Na.H/c1-2-3-4-5-6-7-8-9-14-10-12-15(13-11-14)20(18,19)17-16;;/h10-13,17H,2-9H2,1H3;;/q;+1;-1. The molecule has 0 saturated heterocycles. The molecular weight excluding hydrogens is 317 g/mol. The molecule has 1 rings (SSSR count). The van der Waals surface area contributed by atoms with Gasteiger partial charge in [-0.1, -0.05) is 57.6 Å². The number of sulfonamides is 1. The van der Waals surface area contributed by atoms with Crippen LogP contribution in [0, 0.1) is 0 Å². The predicted octanol–water partition coefficient (Wildman–Crippen LogP) is 1.53. The van der Waals surface area contributed by atoms with Gasteiger partial charge in [-0.2, -0.15) is 0 Å². The van der Waals surface area contributed by atoms with Crippen LogP contribution in [0.25, 0.3) is 0 Å². The summed E-state index contributed by atoms with van der Waals surface area (Å²) in [5.41, 5.74) is 1.17. The van der Waals surface area contributed by atoms with E-state index in [1.807, 2.05) is 12.1 Å². The zero-order valence-electron chi connectivity index (χ0n) is 14.1. The topological polar surface area (TPSA) is 46.2 Å². The fourth-order valence-corrected chi connectivity index (χ4v) is 3.02. The molecule has 0 saturated carbocycles. The fourth-order valence-electron chi connectivity index (χ4n) is 2.17. The van der Waals surface area contributed by atoms with Gasteiger partial charge in [-0.05, 0) is 42.3 Å². The zero-order chi connectivity index (χ0) is 14.8. The maximum absolute atomic E-state index is 11.5. The van der Waals surface area contributed by atoms with Crippen molar-refractivity contribution in [3.63, 3.8) is 0 Å². The second kappa shape index (κ2) is 11.9. The Morgan fingerprint density at radius 2 is 1.52 bits per heavy atom. The largest absolute Gasteiger partial charge is 1.00 e. The number of rotatable bonds is 10. The van der Waals surface area contributed by atoms with Crippen LogP contribution in [0.4, 0.5) is 0 Å². The first-order chi connectivity index (χ1) is 9.60. The Morgan fingerprint density at radius 3 is 2.05 bits per heavy atom. The van der Waals surface area contributed by atoms with E-state index >= 15 is 0 Å². The van der Waals surface area contributed by atoms with Crippen molar-refractivity contribution >= 4 is 21.8 Å². The number of unbranched alkanes of at least 4 members (excludes halogenated alkanes) is 6. The minimum Gasteiger partial charge on any atom is -1.00 e. The quantitative estimate of drug-likeness (QED) is 0.398. The van der Waals surface area contributed by atoms with Gasteiger partial charge in [0.25, 0.3) is 10.0 Å². The molecule has 0 aliphatic carbocycles. The van der Waals surface area contributed by atoms with Gasteiger partial charge in [0.05, 0.1) is 4.90 Å². The van der Waals surface area contributed by atoms with Gasteiger partial charge >= 0.3 is 29.6 Å². The third kappa shape index (κ3) is 8.58. The van der Waals surface area contributed by atoms with Gasteiger partial charge in [-0.25, -0.2) is 8.42 Å². The van der Waals surface area contributed by atoms with E-state index in [1.165, 1.54) is 44.1 Å². The zero-order valence-corrected chi connectivity index (χ0v) is 16.6. The van der Waals surface area contributed by atoms with E-state index in [4.69, 9.17) is 11.8 Å². The van der Waals surface area contributed by atoms with Crippen LogP contribution in [0.5, 0.6) is 0 Å². The minimum absolute atomic E-state index is 0. The van der Waals surface area contributed by atoms with Crippen LogP contribution in [-0.2, 0) is 16.4 Å². The third-order valence-corrected chi connectivity index (χ3v) is 5.11. The van der Waals surface area contributed by atoms with E-state index in [1.54, 1.807) is 16.4 Å². The molecule has 6 heteroatoms. The molecule has 3 nitrogen and oxygen atoms in total. The van der Waals surface area contributed by atoms with Crippen LogP contribution in [0.15, 0.2) is 29.2 Å². The molecule has 0 spiro atoms. The van der Waals surface area contributed by atoms with E-state index in [9.17, 15) is 8.42 Å². The Hall–Kier alpha value is 0.420. The summed E-state index contributed by atoms with van der Waals surface area (Å²) < 4.78 is 24.7. The Morgan fingerprint density at radius 1 is 1.00 bits per heavy atom. The van der Waals surface area contributed by atoms with Crippen LogP contribution in [0.1, 0.15) is 58.9 Å². The molecule has 21 heavy (non-hydrogen) atoms. The summed E-state index contributed by atoms with van der Waals surface area (Å²) >= 11 is 5.18. The van der Waals surface area contributed by atoms with Gasteiger partial charge in [-0.3, -0.25) is 0 Å². The van der Waals surface area contributed by atoms with Gasteiger partial charge < -0.3 is 1.43 Å². The number of aryl methyl sites for hydroxylation is 1. The average molecular weight is 342 g/mol. The average Bonchev–Trinajstić information content (AvgIpc) is 2.47. The van der Waals surface area contributed by atoms with E-state index < -0.39 is 10.0 Å². The van der Waals surface area contributed by atoms with Crippen LogP contribution in [0.3, 0.4) is 0 Å². The number of hydrogen-bond acceptors (Lipinski definition) is 2. The molecule has 0 radical (unpaired) electrons. The van der Waals surface area contributed by atoms with E-state index in [2.05, 4.69) is 6.92 Å². The van der Waals surface area contributed by atoms with Crippen LogP contribution in [0.2, 0.25) is 0 Å². The van der Waals surface area contributed by atoms with Gasteiger partial charge in [-0.15, -0.1) is 4.24 Å². The van der Waals surface area contributed by atoms with Crippen molar-refractivity contribution in [1.82, 2.24) is 4.24 Å². The first kappa shape index (κ1) is 21.4. The summed E-state index contributed by atoms with van der Waals surface area (Å²) in [5.74, 6) is 0. The molecule has 116 valence electrons. The van der Waals surface area contributed by atoms with Crippen molar-refractivity contribution < 1.29 is 39.4 Å². The molecule has 1 N–H and O–H groups in total. The van der Waals surface area contributed by atoms with E-state index in [-0.39, 0.29) is 35.9 Å². The summed E-state index contributed by atoms with van der Waals surface area (Å²) in [5, 5.41) is 0. The van der Waals surface area contributed by atoms with Crippen molar-refractivity contribution in [3.05, 3.63) is 29.8 Å². The second-order valence-electron chi connectivity index (χ2n) is 5.10. The second-order valence-corrected chi connectivity index (χ2v) is 7.19. The van der Waals surface area contributed by atoms with E-state index in [0.29, 0.717) is 0 Å². The Balaban J connectivity index is 0. The number of hydrogen-bond donors (Lipinski definition) is 1. The molecule has 0 fully saturated rings. The molecule has 0 atom stereocenters. The molecular formula is C15H25ClNNaO2S. The predicted molar refractivity (Wildman–Crippen MR) is 85.4 cm³/mol. The van der Waals surface area contributed by atoms with Crippen LogP contribution in [-0.4, -0.2) is 8.42 Å². The van der Waals surface area contributed by atoms with Gasteiger partial charge in [0.2, 0.25) is 0 Å². The Bertz CT molecular complexity index is 483. The molecule has 1 aromatic rings. The number of halogens is 1. The molecule has 0 bridgehead atoms. The summed E-state index contributed by atoms with van der Waals surface area (Å²) in [4.78, 5) is 0.204. The first-order valence-corrected chi connectivity index (χ1v) is 9.17. The molecule has 0 heterocycles. The van der Waals surface area contributed by atoms with Gasteiger partial charge in [0.15, 0.2) is 0 Å². The number of nitrogens with one attached hydrogen (secondary N) is 1. The van der Waals surface area contributed by atoms with Crippen LogP contribution < -0.4 is 33.8 Å². The maximum Gasteiger partial charge on any atom is 1.00 e. The fraction of sp³-hybridized carbons (Fsp3) is 0.600. The van der Waals surface area contributed by atoms with Crippen molar-refractivity contribution in [1.29, 1.82) is 0 Å². The van der Waals surface area contributed by atoms with Crippen LogP contribution >= 0.6 is 11.8 Å². The summed E-state index contributed by atoms with van der Waals surface area (Å²) in [6.07, 6.45) is 9.99. The van der Waals surface area contributed by atoms with Crippen molar-refractivity contribution in [3.8, 4) is 0 Å². The Kier molecular flexibility index (Phi) is 12.2. The molecule has 1 aromatic carbocycles. The SMILES string of the molecule is CCCCCCCCCc1ccc(S(=O)(=O)NCl)cc1.[H-].[Na+]. The molecule has 0 aliphatic rings. The van der Waals surface area contributed by atoms with E-state index in [0.717, 1.165) is 12.8 Å². The summed E-state index contributed by atoms with van der Waals surface area (Å²) in [7, 11) is -3.54. The monoisotopic (exact) mass is 341 g/mol. The number of benzene rings is 1.